The SMILES string of the molecule is CC(C)C(=O)NCCNC(C)c1nc2ccccc2s1. The van der Waals surface area contributed by atoms with Gasteiger partial charge in [-0.1, -0.05) is 26.0 Å². The minimum absolute atomic E-state index is 0.0386. The van der Waals surface area contributed by atoms with Gasteiger partial charge in [0.05, 0.1) is 16.3 Å². The summed E-state index contributed by atoms with van der Waals surface area (Å²) in [6.45, 7) is 7.28. The Bertz CT molecular complexity index is 546. The fraction of sp³-hybridized carbons (Fsp3) is 0.467. The fourth-order valence-corrected chi connectivity index (χ4v) is 2.84. The Morgan fingerprint density at radius 3 is 2.70 bits per heavy atom. The van der Waals surface area contributed by atoms with Crippen LogP contribution in [0.15, 0.2) is 24.3 Å². The number of carbonyl (C=O) groups excluding carboxylic acids is 1. The highest BCUT2D eigenvalue weighted by Crippen LogP contribution is 2.25. The number of benzene rings is 1. The van der Waals surface area contributed by atoms with E-state index in [1.54, 1.807) is 11.3 Å². The van der Waals surface area contributed by atoms with Crippen molar-refractivity contribution in [3.8, 4) is 0 Å². The molecule has 1 heterocycles. The van der Waals surface area contributed by atoms with Crippen LogP contribution in [-0.2, 0) is 4.79 Å². The van der Waals surface area contributed by atoms with Crippen LogP contribution in [0.25, 0.3) is 10.2 Å². The molecule has 1 aromatic carbocycles. The van der Waals surface area contributed by atoms with Crippen molar-refractivity contribution in [1.29, 1.82) is 0 Å². The van der Waals surface area contributed by atoms with Gasteiger partial charge in [-0.25, -0.2) is 4.98 Å². The van der Waals surface area contributed by atoms with Crippen molar-refractivity contribution in [2.45, 2.75) is 26.8 Å². The molecule has 0 aliphatic carbocycles. The summed E-state index contributed by atoms with van der Waals surface area (Å²) in [7, 11) is 0. The van der Waals surface area contributed by atoms with Crippen LogP contribution < -0.4 is 10.6 Å². The second-order valence-electron chi connectivity index (χ2n) is 5.14. The predicted octanol–water partition coefficient (Wildman–Crippen LogP) is 2.72. The molecule has 2 aromatic rings. The summed E-state index contributed by atoms with van der Waals surface area (Å²) in [4.78, 5) is 16.0. The van der Waals surface area contributed by atoms with Gasteiger partial charge in [-0.3, -0.25) is 4.79 Å². The number of aromatic nitrogens is 1. The molecule has 1 amide bonds. The predicted molar refractivity (Wildman–Crippen MR) is 83.9 cm³/mol. The molecule has 0 saturated carbocycles. The molecule has 0 saturated heterocycles. The lowest BCUT2D eigenvalue weighted by molar-refractivity contribution is -0.123. The number of hydrogen-bond donors (Lipinski definition) is 2. The molecule has 108 valence electrons. The molecular weight excluding hydrogens is 270 g/mol. The Labute approximate surface area is 123 Å². The van der Waals surface area contributed by atoms with Crippen LogP contribution in [0.4, 0.5) is 0 Å². The average Bonchev–Trinajstić information content (AvgIpc) is 2.86. The van der Waals surface area contributed by atoms with Gasteiger partial charge in [0.1, 0.15) is 5.01 Å². The van der Waals surface area contributed by atoms with Gasteiger partial charge < -0.3 is 10.6 Å². The molecule has 0 bridgehead atoms. The lowest BCUT2D eigenvalue weighted by atomic mass is 10.2. The number of nitrogens with zero attached hydrogens (tertiary/aromatic N) is 1. The zero-order valence-corrected chi connectivity index (χ0v) is 13.0. The van der Waals surface area contributed by atoms with Gasteiger partial charge in [0.15, 0.2) is 0 Å². The number of amides is 1. The molecule has 1 unspecified atom stereocenters. The monoisotopic (exact) mass is 291 g/mol. The molecule has 0 aliphatic heterocycles. The van der Waals surface area contributed by atoms with Crippen LogP contribution in [0.3, 0.4) is 0 Å². The maximum absolute atomic E-state index is 11.4. The zero-order chi connectivity index (χ0) is 14.5. The summed E-state index contributed by atoms with van der Waals surface area (Å²) in [5.41, 5.74) is 1.05. The Balaban J connectivity index is 1.83. The average molecular weight is 291 g/mol. The molecule has 20 heavy (non-hydrogen) atoms. The summed E-state index contributed by atoms with van der Waals surface area (Å²) in [5.74, 6) is 0.135. The van der Waals surface area contributed by atoms with E-state index in [2.05, 4.69) is 28.6 Å². The third-order valence-corrected chi connectivity index (χ3v) is 4.30. The first-order valence-corrected chi connectivity index (χ1v) is 7.76. The Hall–Kier alpha value is -1.46. The van der Waals surface area contributed by atoms with E-state index in [4.69, 9.17) is 0 Å². The van der Waals surface area contributed by atoms with Gasteiger partial charge in [0.2, 0.25) is 5.91 Å². The van der Waals surface area contributed by atoms with Crippen LogP contribution in [-0.4, -0.2) is 24.0 Å². The second-order valence-corrected chi connectivity index (χ2v) is 6.20. The molecule has 0 fully saturated rings. The molecule has 0 spiro atoms. The van der Waals surface area contributed by atoms with Crippen molar-refractivity contribution in [2.75, 3.05) is 13.1 Å². The second kappa shape index (κ2) is 6.81. The van der Waals surface area contributed by atoms with Crippen LogP contribution in [0.1, 0.15) is 31.8 Å². The number of nitrogens with one attached hydrogen (secondary N) is 2. The van der Waals surface area contributed by atoms with Crippen LogP contribution in [0.2, 0.25) is 0 Å². The molecule has 4 nitrogen and oxygen atoms in total. The van der Waals surface area contributed by atoms with E-state index in [0.29, 0.717) is 6.54 Å². The molecule has 5 heteroatoms. The van der Waals surface area contributed by atoms with E-state index in [0.717, 1.165) is 17.1 Å². The first kappa shape index (κ1) is 14.9. The van der Waals surface area contributed by atoms with Crippen LogP contribution >= 0.6 is 11.3 Å². The van der Waals surface area contributed by atoms with E-state index in [1.165, 1.54) is 4.70 Å². The van der Waals surface area contributed by atoms with Crippen molar-refractivity contribution in [2.24, 2.45) is 5.92 Å². The van der Waals surface area contributed by atoms with Crippen LogP contribution in [0, 0.1) is 5.92 Å². The molecule has 0 radical (unpaired) electrons. The highest BCUT2D eigenvalue weighted by Gasteiger charge is 2.11. The topological polar surface area (TPSA) is 54.0 Å². The number of rotatable bonds is 6. The fourth-order valence-electron chi connectivity index (χ4n) is 1.84. The van der Waals surface area contributed by atoms with Crippen molar-refractivity contribution < 1.29 is 4.79 Å². The molecule has 2 N–H and O–H groups in total. The summed E-state index contributed by atoms with van der Waals surface area (Å²) < 4.78 is 1.21. The van der Waals surface area contributed by atoms with Crippen molar-refractivity contribution in [3.63, 3.8) is 0 Å². The quantitative estimate of drug-likeness (QED) is 0.805. The highest BCUT2D eigenvalue weighted by atomic mass is 32.1. The van der Waals surface area contributed by atoms with Crippen molar-refractivity contribution >= 4 is 27.5 Å². The largest absolute Gasteiger partial charge is 0.355 e. The number of carbonyl (C=O) groups is 1. The molecule has 0 aliphatic rings. The summed E-state index contributed by atoms with van der Waals surface area (Å²) in [5, 5.41) is 7.37. The normalized spacial score (nSPS) is 12.8. The smallest absolute Gasteiger partial charge is 0.222 e. The van der Waals surface area contributed by atoms with Gasteiger partial charge in [0.25, 0.3) is 0 Å². The lowest BCUT2D eigenvalue weighted by Crippen LogP contribution is -2.35. The number of hydrogen-bond acceptors (Lipinski definition) is 4. The van der Waals surface area contributed by atoms with E-state index < -0.39 is 0 Å². The van der Waals surface area contributed by atoms with Gasteiger partial charge in [-0.15, -0.1) is 11.3 Å². The van der Waals surface area contributed by atoms with Crippen molar-refractivity contribution in [1.82, 2.24) is 15.6 Å². The zero-order valence-electron chi connectivity index (χ0n) is 12.1. The standard InChI is InChI=1S/C15H21N3OS/c1-10(2)14(19)17-9-8-16-11(3)15-18-12-6-4-5-7-13(12)20-15/h4-7,10-11,16H,8-9H2,1-3H3,(H,17,19). The Kier molecular flexibility index (Phi) is 5.09. The van der Waals surface area contributed by atoms with E-state index in [-0.39, 0.29) is 17.9 Å². The lowest BCUT2D eigenvalue weighted by Gasteiger charge is -2.12. The minimum Gasteiger partial charge on any atom is -0.355 e. The molecule has 1 atom stereocenters. The Morgan fingerprint density at radius 1 is 1.25 bits per heavy atom. The first-order valence-electron chi connectivity index (χ1n) is 6.94. The maximum Gasteiger partial charge on any atom is 0.222 e. The Morgan fingerprint density at radius 2 is 2.00 bits per heavy atom. The van der Waals surface area contributed by atoms with Gasteiger partial charge >= 0.3 is 0 Å². The molecule has 2 rings (SSSR count). The molecular formula is C15H21N3OS. The number of fused-ring (bicyclic) bond motifs is 1. The third-order valence-electron chi connectivity index (χ3n) is 3.08. The van der Waals surface area contributed by atoms with Crippen LogP contribution in [0.5, 0.6) is 0 Å². The number of para-hydroxylation sites is 1. The maximum atomic E-state index is 11.4. The summed E-state index contributed by atoms with van der Waals surface area (Å²) in [6.07, 6.45) is 0. The van der Waals surface area contributed by atoms with Gasteiger partial charge in [-0.2, -0.15) is 0 Å². The number of thiazole rings is 1. The van der Waals surface area contributed by atoms with Gasteiger partial charge in [-0.05, 0) is 19.1 Å². The van der Waals surface area contributed by atoms with E-state index >= 15 is 0 Å². The third kappa shape index (κ3) is 3.77. The van der Waals surface area contributed by atoms with E-state index in [9.17, 15) is 4.79 Å². The minimum atomic E-state index is 0.0386. The van der Waals surface area contributed by atoms with E-state index in [1.807, 2.05) is 32.0 Å². The van der Waals surface area contributed by atoms with Gasteiger partial charge in [0, 0.05) is 19.0 Å². The van der Waals surface area contributed by atoms with Crippen molar-refractivity contribution in [3.05, 3.63) is 29.3 Å². The highest BCUT2D eigenvalue weighted by molar-refractivity contribution is 7.18. The first-order chi connectivity index (χ1) is 9.58. The molecule has 1 aromatic heterocycles. The summed E-state index contributed by atoms with van der Waals surface area (Å²) in [6, 6.07) is 8.36. The summed E-state index contributed by atoms with van der Waals surface area (Å²) >= 11 is 1.71.